The van der Waals surface area contributed by atoms with E-state index in [1.54, 1.807) is 12.0 Å². The van der Waals surface area contributed by atoms with Gasteiger partial charge in [0, 0.05) is 32.7 Å². The lowest BCUT2D eigenvalue weighted by molar-refractivity contribution is -0.137. The largest absolute Gasteiger partial charge is 0.480 e. The number of aliphatic carboxylic acids is 1. The van der Waals surface area contributed by atoms with E-state index in [4.69, 9.17) is 9.84 Å². The Balaban J connectivity index is 2.52. The summed E-state index contributed by atoms with van der Waals surface area (Å²) in [5, 5.41) is 8.81. The molecule has 1 aliphatic heterocycles. The van der Waals surface area contributed by atoms with Crippen molar-refractivity contribution in [3.63, 3.8) is 0 Å². The molecular formula is C12H22N2O4. The van der Waals surface area contributed by atoms with Crippen LogP contribution in [0.1, 0.15) is 19.8 Å². The molecule has 0 aromatic rings. The second kappa shape index (κ2) is 7.20. The molecule has 1 aliphatic rings. The van der Waals surface area contributed by atoms with Crippen LogP contribution in [0.5, 0.6) is 0 Å². The number of carbonyl (C=O) groups excluding carboxylic acids is 1. The Morgan fingerprint density at radius 2 is 2.22 bits per heavy atom. The van der Waals surface area contributed by atoms with Gasteiger partial charge >= 0.3 is 12.0 Å². The van der Waals surface area contributed by atoms with Gasteiger partial charge in [0.25, 0.3) is 0 Å². The van der Waals surface area contributed by atoms with Crippen molar-refractivity contribution in [1.29, 1.82) is 0 Å². The van der Waals surface area contributed by atoms with E-state index in [-0.39, 0.29) is 12.6 Å². The molecule has 1 atom stereocenters. The van der Waals surface area contributed by atoms with E-state index in [2.05, 4.69) is 0 Å². The van der Waals surface area contributed by atoms with E-state index >= 15 is 0 Å². The van der Waals surface area contributed by atoms with Crippen molar-refractivity contribution in [3.8, 4) is 0 Å². The van der Waals surface area contributed by atoms with Gasteiger partial charge in [-0.25, -0.2) is 4.79 Å². The number of carboxylic acid groups (broad SMARTS) is 1. The molecule has 0 aromatic heterocycles. The molecule has 0 radical (unpaired) electrons. The molecule has 6 nitrogen and oxygen atoms in total. The molecule has 0 saturated carbocycles. The van der Waals surface area contributed by atoms with Crippen LogP contribution in [0.2, 0.25) is 0 Å². The number of ether oxygens (including phenoxy) is 1. The van der Waals surface area contributed by atoms with Crippen LogP contribution in [0.25, 0.3) is 0 Å². The number of hydrogen-bond donors (Lipinski definition) is 1. The number of rotatable bonds is 6. The third-order valence-corrected chi connectivity index (χ3v) is 3.05. The molecule has 0 aliphatic carbocycles. The van der Waals surface area contributed by atoms with Crippen LogP contribution in [-0.4, -0.2) is 66.8 Å². The van der Waals surface area contributed by atoms with Crippen molar-refractivity contribution >= 4 is 12.0 Å². The Kier molecular flexibility index (Phi) is 5.91. The van der Waals surface area contributed by atoms with Crippen molar-refractivity contribution < 1.29 is 19.4 Å². The van der Waals surface area contributed by atoms with Gasteiger partial charge in [0.15, 0.2) is 0 Å². The first-order valence-electron chi connectivity index (χ1n) is 6.33. The molecule has 1 saturated heterocycles. The summed E-state index contributed by atoms with van der Waals surface area (Å²) in [4.78, 5) is 26.0. The summed E-state index contributed by atoms with van der Waals surface area (Å²) >= 11 is 0. The minimum Gasteiger partial charge on any atom is -0.480 e. The number of nitrogens with zero attached hydrogens (tertiary/aromatic N) is 2. The first-order chi connectivity index (χ1) is 8.58. The van der Waals surface area contributed by atoms with Gasteiger partial charge in [-0.05, 0) is 12.8 Å². The highest BCUT2D eigenvalue weighted by molar-refractivity contribution is 5.80. The van der Waals surface area contributed by atoms with Crippen molar-refractivity contribution in [2.75, 3.05) is 39.9 Å². The molecule has 18 heavy (non-hydrogen) atoms. The number of methoxy groups -OCH3 is 1. The van der Waals surface area contributed by atoms with E-state index in [9.17, 15) is 9.59 Å². The topological polar surface area (TPSA) is 70.1 Å². The Morgan fingerprint density at radius 3 is 2.78 bits per heavy atom. The van der Waals surface area contributed by atoms with Crippen LogP contribution in [0.15, 0.2) is 0 Å². The quantitative estimate of drug-likeness (QED) is 0.767. The number of urea groups is 1. The number of carbonyl (C=O) groups is 2. The van der Waals surface area contributed by atoms with Gasteiger partial charge in [-0.15, -0.1) is 0 Å². The summed E-state index contributed by atoms with van der Waals surface area (Å²) in [6.07, 6.45) is 1.68. The lowest BCUT2D eigenvalue weighted by atomic mass is 10.1. The third kappa shape index (κ3) is 4.18. The number of hydrogen-bond acceptors (Lipinski definition) is 3. The fraction of sp³-hybridized carbons (Fsp3) is 0.833. The standard InChI is InChI=1S/C12H22N2O4/c1-3-5-13(8-11(15)16)12(17)14-6-4-10(7-14)9-18-2/h10H,3-9H2,1-2H3,(H,15,16). The van der Waals surface area contributed by atoms with E-state index < -0.39 is 5.97 Å². The average molecular weight is 258 g/mol. The fourth-order valence-corrected chi connectivity index (χ4v) is 2.25. The van der Waals surface area contributed by atoms with Gasteiger partial charge in [-0.2, -0.15) is 0 Å². The second-order valence-electron chi connectivity index (χ2n) is 4.65. The van der Waals surface area contributed by atoms with Crippen LogP contribution in [-0.2, 0) is 9.53 Å². The molecule has 1 fully saturated rings. The van der Waals surface area contributed by atoms with Crippen LogP contribution in [0, 0.1) is 5.92 Å². The minimum absolute atomic E-state index is 0.169. The Bertz CT molecular complexity index is 296. The highest BCUT2D eigenvalue weighted by Crippen LogP contribution is 2.18. The van der Waals surface area contributed by atoms with Crippen molar-refractivity contribution in [2.24, 2.45) is 5.92 Å². The molecule has 0 spiro atoms. The summed E-state index contributed by atoms with van der Waals surface area (Å²) < 4.78 is 5.08. The highest BCUT2D eigenvalue weighted by atomic mass is 16.5. The van der Waals surface area contributed by atoms with Crippen LogP contribution < -0.4 is 0 Å². The zero-order valence-corrected chi connectivity index (χ0v) is 11.1. The summed E-state index contributed by atoms with van der Waals surface area (Å²) in [6.45, 7) is 4.18. The lowest BCUT2D eigenvalue weighted by Gasteiger charge is -2.26. The predicted octanol–water partition coefficient (Wildman–Crippen LogP) is 0.871. The van der Waals surface area contributed by atoms with Gasteiger partial charge in [0.2, 0.25) is 0 Å². The molecule has 6 heteroatoms. The zero-order chi connectivity index (χ0) is 13.5. The number of amides is 2. The molecule has 1 rings (SSSR count). The van der Waals surface area contributed by atoms with Crippen molar-refractivity contribution in [3.05, 3.63) is 0 Å². The molecule has 2 amide bonds. The minimum atomic E-state index is -0.968. The van der Waals surface area contributed by atoms with E-state index in [1.807, 2.05) is 6.92 Å². The fourth-order valence-electron chi connectivity index (χ4n) is 2.25. The molecule has 1 N–H and O–H groups in total. The van der Waals surface area contributed by atoms with Gasteiger partial charge in [0.1, 0.15) is 6.54 Å². The van der Waals surface area contributed by atoms with Gasteiger partial charge in [-0.1, -0.05) is 6.92 Å². The summed E-state index contributed by atoms with van der Waals surface area (Å²) in [5.41, 5.74) is 0. The number of carboxylic acids is 1. The molecule has 104 valence electrons. The van der Waals surface area contributed by atoms with Gasteiger partial charge in [0.05, 0.1) is 6.61 Å². The molecule has 0 bridgehead atoms. The zero-order valence-electron chi connectivity index (χ0n) is 11.1. The van der Waals surface area contributed by atoms with E-state index in [1.165, 1.54) is 4.90 Å². The first-order valence-corrected chi connectivity index (χ1v) is 6.33. The maximum Gasteiger partial charge on any atom is 0.323 e. The SMILES string of the molecule is CCCN(CC(=O)O)C(=O)N1CCC(COC)C1. The maximum absolute atomic E-state index is 12.2. The van der Waals surface area contributed by atoms with Gasteiger partial charge in [-0.3, -0.25) is 4.79 Å². The molecular weight excluding hydrogens is 236 g/mol. The van der Waals surface area contributed by atoms with Gasteiger partial charge < -0.3 is 19.6 Å². The smallest absolute Gasteiger partial charge is 0.323 e. The predicted molar refractivity (Wildman–Crippen MR) is 66.5 cm³/mol. The lowest BCUT2D eigenvalue weighted by Crippen LogP contribution is -2.44. The van der Waals surface area contributed by atoms with E-state index in [0.717, 1.165) is 12.8 Å². The molecule has 1 heterocycles. The van der Waals surface area contributed by atoms with Crippen molar-refractivity contribution in [2.45, 2.75) is 19.8 Å². The maximum atomic E-state index is 12.2. The van der Waals surface area contributed by atoms with Crippen LogP contribution >= 0.6 is 0 Å². The number of likely N-dealkylation sites (tertiary alicyclic amines) is 1. The Hall–Kier alpha value is -1.30. The van der Waals surface area contributed by atoms with E-state index in [0.29, 0.717) is 32.2 Å². The monoisotopic (exact) mass is 258 g/mol. The molecule has 0 aromatic carbocycles. The Labute approximate surface area is 107 Å². The highest BCUT2D eigenvalue weighted by Gasteiger charge is 2.29. The van der Waals surface area contributed by atoms with Crippen LogP contribution in [0.4, 0.5) is 4.79 Å². The van der Waals surface area contributed by atoms with Crippen molar-refractivity contribution in [1.82, 2.24) is 9.80 Å². The summed E-state index contributed by atoms with van der Waals surface area (Å²) in [5.74, 6) is -0.600. The first kappa shape index (κ1) is 14.8. The third-order valence-electron chi connectivity index (χ3n) is 3.05. The Morgan fingerprint density at radius 1 is 1.50 bits per heavy atom. The second-order valence-corrected chi connectivity index (χ2v) is 4.65. The van der Waals surface area contributed by atoms with Crippen LogP contribution in [0.3, 0.4) is 0 Å². The summed E-state index contributed by atoms with van der Waals surface area (Å²) in [6, 6.07) is -0.169. The average Bonchev–Trinajstić information content (AvgIpc) is 2.76. The molecule has 1 unspecified atom stereocenters. The summed E-state index contributed by atoms with van der Waals surface area (Å²) in [7, 11) is 1.65. The normalized spacial score (nSPS) is 19.0.